The molecule has 3 rings (SSSR count). The van der Waals surface area contributed by atoms with Crippen LogP contribution in [0.3, 0.4) is 0 Å². The topological polar surface area (TPSA) is 63.2 Å². The fraction of sp³-hybridized carbons (Fsp3) is 0.368. The minimum atomic E-state index is -0.233. The number of aromatic nitrogens is 1. The molecular formula is C19H23N3O2. The highest BCUT2D eigenvalue weighted by Crippen LogP contribution is 2.33. The first-order valence-corrected chi connectivity index (χ1v) is 8.36. The molecule has 2 atom stereocenters. The number of pyridine rings is 1. The van der Waals surface area contributed by atoms with Gasteiger partial charge in [-0.05, 0) is 37.0 Å². The summed E-state index contributed by atoms with van der Waals surface area (Å²) in [4.78, 5) is 16.3. The monoisotopic (exact) mass is 325 g/mol. The number of aryl methyl sites for hydroxylation is 1. The van der Waals surface area contributed by atoms with E-state index in [1.54, 1.807) is 12.3 Å². The zero-order valence-electron chi connectivity index (χ0n) is 13.9. The van der Waals surface area contributed by atoms with Gasteiger partial charge in [0, 0.05) is 25.3 Å². The minimum Gasteiger partial charge on any atom is -0.373 e. The number of nitrogens with zero attached hydrogens (tertiary/aromatic N) is 1. The Morgan fingerprint density at radius 1 is 1.25 bits per heavy atom. The lowest BCUT2D eigenvalue weighted by Crippen LogP contribution is -2.37. The maximum atomic E-state index is 12.1. The van der Waals surface area contributed by atoms with Crippen LogP contribution in [0, 0.1) is 12.8 Å². The first-order valence-electron chi connectivity index (χ1n) is 8.36. The van der Waals surface area contributed by atoms with Crippen LogP contribution < -0.4 is 10.6 Å². The van der Waals surface area contributed by atoms with Crippen molar-refractivity contribution < 1.29 is 9.53 Å². The van der Waals surface area contributed by atoms with Gasteiger partial charge in [-0.3, -0.25) is 5.32 Å². The van der Waals surface area contributed by atoms with Crippen molar-refractivity contribution in [3.05, 3.63) is 59.8 Å². The van der Waals surface area contributed by atoms with Crippen LogP contribution >= 0.6 is 0 Å². The van der Waals surface area contributed by atoms with Gasteiger partial charge in [-0.15, -0.1) is 0 Å². The zero-order chi connectivity index (χ0) is 16.8. The first-order chi connectivity index (χ1) is 11.7. The van der Waals surface area contributed by atoms with Crippen molar-refractivity contribution in [3.63, 3.8) is 0 Å². The lowest BCUT2D eigenvalue weighted by atomic mass is 9.89. The first kappa shape index (κ1) is 16.5. The van der Waals surface area contributed by atoms with E-state index in [4.69, 9.17) is 4.74 Å². The van der Waals surface area contributed by atoms with Crippen LogP contribution in [0.1, 0.15) is 30.1 Å². The van der Waals surface area contributed by atoms with E-state index in [1.807, 2.05) is 31.2 Å². The van der Waals surface area contributed by atoms with E-state index in [-0.39, 0.29) is 18.1 Å². The summed E-state index contributed by atoms with van der Waals surface area (Å²) >= 11 is 0. The van der Waals surface area contributed by atoms with Gasteiger partial charge in [0.15, 0.2) is 0 Å². The van der Waals surface area contributed by atoms with E-state index >= 15 is 0 Å². The van der Waals surface area contributed by atoms with Crippen molar-refractivity contribution >= 4 is 11.8 Å². The molecule has 1 aromatic carbocycles. The van der Waals surface area contributed by atoms with Crippen LogP contribution in [0.2, 0.25) is 0 Å². The van der Waals surface area contributed by atoms with Crippen LogP contribution in [0.15, 0.2) is 48.7 Å². The van der Waals surface area contributed by atoms with Gasteiger partial charge in [0.05, 0.1) is 6.10 Å². The quantitative estimate of drug-likeness (QED) is 0.901. The van der Waals surface area contributed by atoms with Crippen molar-refractivity contribution in [1.29, 1.82) is 0 Å². The second-order valence-electron chi connectivity index (χ2n) is 6.16. The van der Waals surface area contributed by atoms with E-state index in [9.17, 15) is 4.79 Å². The van der Waals surface area contributed by atoms with Crippen LogP contribution in [0.25, 0.3) is 0 Å². The fourth-order valence-electron chi connectivity index (χ4n) is 2.99. The van der Waals surface area contributed by atoms with E-state index < -0.39 is 0 Å². The average molecular weight is 325 g/mol. The summed E-state index contributed by atoms with van der Waals surface area (Å²) in [6.45, 7) is 3.32. The average Bonchev–Trinajstić information content (AvgIpc) is 2.63. The molecule has 1 saturated heterocycles. The molecule has 2 amide bonds. The summed E-state index contributed by atoms with van der Waals surface area (Å²) < 4.78 is 5.96. The molecule has 1 aliphatic rings. The Labute approximate surface area is 142 Å². The molecule has 0 radical (unpaired) electrons. The largest absolute Gasteiger partial charge is 0.373 e. The molecular weight excluding hydrogens is 302 g/mol. The summed E-state index contributed by atoms with van der Waals surface area (Å²) in [6.07, 6.45) is 3.84. The van der Waals surface area contributed by atoms with Gasteiger partial charge >= 0.3 is 6.03 Å². The van der Waals surface area contributed by atoms with Gasteiger partial charge < -0.3 is 10.1 Å². The smallest absolute Gasteiger partial charge is 0.320 e. The third kappa shape index (κ3) is 4.32. The normalized spacial score (nSPS) is 20.4. The maximum Gasteiger partial charge on any atom is 0.320 e. The molecule has 24 heavy (non-hydrogen) atoms. The molecule has 2 aromatic rings. The third-order valence-corrected chi connectivity index (χ3v) is 4.25. The number of nitrogens with one attached hydrogen (secondary N) is 2. The Hall–Kier alpha value is -2.40. The number of amides is 2. The third-order valence-electron chi connectivity index (χ3n) is 4.25. The molecule has 2 unspecified atom stereocenters. The molecule has 0 saturated carbocycles. The Balaban J connectivity index is 1.55. The summed E-state index contributed by atoms with van der Waals surface area (Å²) in [5, 5.41) is 5.71. The predicted molar refractivity (Wildman–Crippen MR) is 93.9 cm³/mol. The minimum absolute atomic E-state index is 0.0396. The number of anilines is 1. The molecule has 126 valence electrons. The van der Waals surface area contributed by atoms with Crippen molar-refractivity contribution in [2.75, 3.05) is 18.5 Å². The number of hydrogen-bond donors (Lipinski definition) is 2. The van der Waals surface area contributed by atoms with Gasteiger partial charge in [-0.2, -0.15) is 0 Å². The summed E-state index contributed by atoms with van der Waals surface area (Å²) in [5.74, 6) is 0.829. The van der Waals surface area contributed by atoms with Crippen LogP contribution in [0.5, 0.6) is 0 Å². The van der Waals surface area contributed by atoms with Crippen molar-refractivity contribution in [3.8, 4) is 0 Å². The number of urea groups is 1. The number of rotatable bonds is 4. The Morgan fingerprint density at radius 3 is 2.83 bits per heavy atom. The second kappa shape index (κ2) is 7.93. The van der Waals surface area contributed by atoms with E-state index in [0.29, 0.717) is 12.4 Å². The number of ether oxygens (including phenoxy) is 1. The van der Waals surface area contributed by atoms with Crippen LogP contribution in [0.4, 0.5) is 10.6 Å². The van der Waals surface area contributed by atoms with Crippen LogP contribution in [-0.2, 0) is 4.74 Å². The Morgan fingerprint density at radius 2 is 2.08 bits per heavy atom. The predicted octanol–water partition coefficient (Wildman–Crippen LogP) is 3.68. The molecule has 1 aliphatic heterocycles. The highest BCUT2D eigenvalue weighted by atomic mass is 16.5. The molecule has 2 heterocycles. The lowest BCUT2D eigenvalue weighted by Gasteiger charge is -2.32. The zero-order valence-corrected chi connectivity index (χ0v) is 13.9. The molecule has 0 aliphatic carbocycles. The Kier molecular flexibility index (Phi) is 5.43. The number of carbonyl (C=O) groups is 1. The molecule has 0 spiro atoms. The molecule has 5 heteroatoms. The van der Waals surface area contributed by atoms with Gasteiger partial charge in [0.1, 0.15) is 5.82 Å². The number of carbonyl (C=O) groups excluding carboxylic acids is 1. The van der Waals surface area contributed by atoms with E-state index in [0.717, 1.165) is 25.0 Å². The van der Waals surface area contributed by atoms with Crippen molar-refractivity contribution in [2.24, 2.45) is 5.92 Å². The van der Waals surface area contributed by atoms with Gasteiger partial charge in [0.25, 0.3) is 0 Å². The number of hydrogen-bond acceptors (Lipinski definition) is 3. The van der Waals surface area contributed by atoms with Crippen molar-refractivity contribution in [2.45, 2.75) is 25.9 Å². The molecule has 1 aromatic heterocycles. The summed E-state index contributed by atoms with van der Waals surface area (Å²) in [5.41, 5.74) is 2.23. The summed E-state index contributed by atoms with van der Waals surface area (Å²) in [7, 11) is 0. The molecule has 0 bridgehead atoms. The fourth-order valence-corrected chi connectivity index (χ4v) is 2.99. The summed E-state index contributed by atoms with van der Waals surface area (Å²) in [6, 6.07) is 13.7. The Bertz CT molecular complexity index is 658. The lowest BCUT2D eigenvalue weighted by molar-refractivity contribution is -0.0268. The molecule has 1 fully saturated rings. The van der Waals surface area contributed by atoms with Gasteiger partial charge in [0.2, 0.25) is 0 Å². The SMILES string of the molecule is Cc1ccc(NC(=O)NCC2CCCOC2c2ccccc2)nc1. The second-order valence-corrected chi connectivity index (χ2v) is 6.16. The van der Waals surface area contributed by atoms with E-state index in [2.05, 4.69) is 27.8 Å². The molecule has 5 nitrogen and oxygen atoms in total. The highest BCUT2D eigenvalue weighted by molar-refractivity contribution is 5.88. The van der Waals surface area contributed by atoms with Gasteiger partial charge in [-0.1, -0.05) is 36.4 Å². The standard InChI is InChI=1S/C19H23N3O2/c1-14-9-10-17(20-12-14)22-19(23)21-13-16-8-5-11-24-18(16)15-6-3-2-4-7-15/h2-4,6-7,9-10,12,16,18H,5,8,11,13H2,1H3,(H2,20,21,22,23). The van der Waals surface area contributed by atoms with Crippen LogP contribution in [-0.4, -0.2) is 24.2 Å². The number of benzene rings is 1. The molecule has 2 N–H and O–H groups in total. The van der Waals surface area contributed by atoms with Gasteiger partial charge in [-0.25, -0.2) is 9.78 Å². The highest BCUT2D eigenvalue weighted by Gasteiger charge is 2.27. The van der Waals surface area contributed by atoms with Crippen molar-refractivity contribution in [1.82, 2.24) is 10.3 Å². The maximum absolute atomic E-state index is 12.1. The van der Waals surface area contributed by atoms with E-state index in [1.165, 1.54) is 5.56 Å².